The molecule has 0 bridgehead atoms. The van der Waals surface area contributed by atoms with Gasteiger partial charge in [0.1, 0.15) is 18.7 Å². The van der Waals surface area contributed by atoms with Gasteiger partial charge in [-0.1, -0.05) is 0 Å². The second-order valence-electron chi connectivity index (χ2n) is 4.03. The van der Waals surface area contributed by atoms with E-state index in [9.17, 15) is 13.2 Å². The van der Waals surface area contributed by atoms with E-state index >= 15 is 0 Å². The number of nitrogens with two attached hydrogens (primary N) is 1. The van der Waals surface area contributed by atoms with Crippen LogP contribution in [-0.4, -0.2) is 14.8 Å². The number of halogens is 3. The third-order valence-corrected chi connectivity index (χ3v) is 2.66. The Morgan fingerprint density at radius 3 is 2.75 bits per heavy atom. The van der Waals surface area contributed by atoms with Gasteiger partial charge < -0.3 is 10.5 Å². The Balaban J connectivity index is 2.22. The number of alkyl halides is 3. The van der Waals surface area contributed by atoms with E-state index < -0.39 is 11.7 Å². The van der Waals surface area contributed by atoms with Crippen molar-refractivity contribution in [2.45, 2.75) is 26.3 Å². The smallest absolute Gasteiger partial charge is 0.420 e. The highest BCUT2D eigenvalue weighted by Gasteiger charge is 2.34. The summed E-state index contributed by atoms with van der Waals surface area (Å²) in [6.07, 6.45) is -3.20. The molecule has 0 aliphatic carbocycles. The van der Waals surface area contributed by atoms with Gasteiger partial charge in [-0.25, -0.2) is 9.67 Å². The standard InChI is InChI=1S/C12H13F3N4O/c1-2-19-11(17-7-18-19)6-20-10-4-3-8(16)5-9(10)12(13,14)15/h3-5,7H,2,6,16H2,1H3. The highest BCUT2D eigenvalue weighted by atomic mass is 19.4. The summed E-state index contributed by atoms with van der Waals surface area (Å²) in [6, 6.07) is 3.40. The molecule has 0 atom stereocenters. The average Bonchev–Trinajstić information content (AvgIpc) is 2.83. The molecule has 0 fully saturated rings. The molecule has 0 spiro atoms. The number of nitrogen functional groups attached to an aromatic ring is 1. The fourth-order valence-electron chi connectivity index (χ4n) is 1.70. The van der Waals surface area contributed by atoms with Crippen LogP contribution in [0, 0.1) is 0 Å². The molecule has 0 radical (unpaired) electrons. The molecule has 108 valence electrons. The third-order valence-electron chi connectivity index (χ3n) is 2.66. The van der Waals surface area contributed by atoms with Gasteiger partial charge in [-0.15, -0.1) is 0 Å². The fourth-order valence-corrected chi connectivity index (χ4v) is 1.70. The molecule has 2 N–H and O–H groups in total. The number of anilines is 1. The number of ether oxygens (including phenoxy) is 1. The number of aromatic nitrogens is 3. The minimum Gasteiger partial charge on any atom is -0.485 e. The van der Waals surface area contributed by atoms with Gasteiger partial charge in [0.25, 0.3) is 0 Å². The molecule has 1 heterocycles. The van der Waals surface area contributed by atoms with E-state index in [1.165, 1.54) is 18.5 Å². The normalized spacial score (nSPS) is 11.6. The first kappa shape index (κ1) is 14.2. The molecule has 0 aliphatic rings. The summed E-state index contributed by atoms with van der Waals surface area (Å²) in [6.45, 7) is 2.32. The SMILES string of the molecule is CCn1ncnc1COc1ccc(N)cc1C(F)(F)F. The number of hydrogen-bond donors (Lipinski definition) is 1. The summed E-state index contributed by atoms with van der Waals surface area (Å²) in [7, 11) is 0. The maximum atomic E-state index is 12.9. The van der Waals surface area contributed by atoms with Gasteiger partial charge in [-0.05, 0) is 25.1 Å². The first-order chi connectivity index (χ1) is 9.41. The lowest BCUT2D eigenvalue weighted by Crippen LogP contribution is -2.12. The van der Waals surface area contributed by atoms with Crippen molar-refractivity contribution in [2.24, 2.45) is 0 Å². The third kappa shape index (κ3) is 3.01. The van der Waals surface area contributed by atoms with Crippen molar-refractivity contribution in [3.05, 3.63) is 35.9 Å². The molecule has 8 heteroatoms. The van der Waals surface area contributed by atoms with Gasteiger partial charge in [0.05, 0.1) is 5.56 Å². The summed E-state index contributed by atoms with van der Waals surface area (Å²) in [5.74, 6) is 0.176. The monoisotopic (exact) mass is 286 g/mol. The molecule has 0 aliphatic heterocycles. The molecule has 0 amide bonds. The van der Waals surface area contributed by atoms with E-state index in [1.807, 2.05) is 6.92 Å². The van der Waals surface area contributed by atoms with Crippen LogP contribution in [0.1, 0.15) is 18.3 Å². The molecule has 5 nitrogen and oxygen atoms in total. The van der Waals surface area contributed by atoms with Crippen LogP contribution >= 0.6 is 0 Å². The van der Waals surface area contributed by atoms with E-state index in [0.717, 1.165) is 6.07 Å². The minimum atomic E-state index is -4.52. The molecule has 2 rings (SSSR count). The Hall–Kier alpha value is -2.25. The lowest BCUT2D eigenvalue weighted by Gasteiger charge is -2.14. The highest BCUT2D eigenvalue weighted by Crippen LogP contribution is 2.37. The van der Waals surface area contributed by atoms with Crippen LogP contribution in [0.3, 0.4) is 0 Å². The Morgan fingerprint density at radius 1 is 1.35 bits per heavy atom. The maximum absolute atomic E-state index is 12.9. The molecule has 1 aromatic heterocycles. The highest BCUT2D eigenvalue weighted by molar-refractivity contribution is 5.49. The molecular formula is C12H13F3N4O. The lowest BCUT2D eigenvalue weighted by molar-refractivity contribution is -0.139. The Kier molecular flexibility index (Phi) is 3.82. The van der Waals surface area contributed by atoms with Crippen molar-refractivity contribution in [1.29, 1.82) is 0 Å². The van der Waals surface area contributed by atoms with Gasteiger partial charge in [0.2, 0.25) is 0 Å². The van der Waals surface area contributed by atoms with Crippen molar-refractivity contribution < 1.29 is 17.9 Å². The number of benzene rings is 1. The zero-order valence-electron chi connectivity index (χ0n) is 10.7. The quantitative estimate of drug-likeness (QED) is 0.877. The number of rotatable bonds is 4. The van der Waals surface area contributed by atoms with Crippen LogP contribution < -0.4 is 10.5 Å². The number of nitrogens with zero attached hydrogens (tertiary/aromatic N) is 3. The molecule has 0 unspecified atom stereocenters. The number of hydrogen-bond acceptors (Lipinski definition) is 4. The zero-order chi connectivity index (χ0) is 14.8. The molecular weight excluding hydrogens is 273 g/mol. The fraction of sp³-hybridized carbons (Fsp3) is 0.333. The Bertz CT molecular complexity index is 595. The Morgan fingerprint density at radius 2 is 2.10 bits per heavy atom. The second kappa shape index (κ2) is 5.40. The van der Waals surface area contributed by atoms with Gasteiger partial charge >= 0.3 is 6.18 Å². The van der Waals surface area contributed by atoms with Crippen LogP contribution in [-0.2, 0) is 19.3 Å². The van der Waals surface area contributed by atoms with Crippen molar-refractivity contribution in [1.82, 2.24) is 14.8 Å². The van der Waals surface area contributed by atoms with Crippen LogP contribution in [0.2, 0.25) is 0 Å². The van der Waals surface area contributed by atoms with E-state index in [-0.39, 0.29) is 18.0 Å². The van der Waals surface area contributed by atoms with Crippen molar-refractivity contribution in [3.63, 3.8) is 0 Å². The molecule has 2 aromatic rings. The molecule has 20 heavy (non-hydrogen) atoms. The first-order valence-electron chi connectivity index (χ1n) is 5.88. The van der Waals surface area contributed by atoms with Gasteiger partial charge in [-0.2, -0.15) is 18.3 Å². The largest absolute Gasteiger partial charge is 0.485 e. The number of aryl methyl sites for hydroxylation is 1. The molecule has 1 aromatic carbocycles. The van der Waals surface area contributed by atoms with Gasteiger partial charge in [0, 0.05) is 12.2 Å². The first-order valence-corrected chi connectivity index (χ1v) is 5.88. The maximum Gasteiger partial charge on any atom is 0.420 e. The lowest BCUT2D eigenvalue weighted by atomic mass is 10.1. The topological polar surface area (TPSA) is 66.0 Å². The van der Waals surface area contributed by atoms with Crippen molar-refractivity contribution >= 4 is 5.69 Å². The molecule has 0 saturated carbocycles. The summed E-state index contributed by atoms with van der Waals surface area (Å²) in [4.78, 5) is 3.93. The predicted octanol–water partition coefficient (Wildman–Crippen LogP) is 2.48. The average molecular weight is 286 g/mol. The Labute approximate surface area is 113 Å². The van der Waals surface area contributed by atoms with Crippen LogP contribution in [0.4, 0.5) is 18.9 Å². The predicted molar refractivity (Wildman–Crippen MR) is 65.9 cm³/mol. The summed E-state index contributed by atoms with van der Waals surface area (Å²) in [5.41, 5.74) is 4.50. The van der Waals surface area contributed by atoms with E-state index in [2.05, 4.69) is 10.1 Å². The minimum absolute atomic E-state index is 0.0291. The van der Waals surface area contributed by atoms with Crippen LogP contribution in [0.25, 0.3) is 0 Å². The van der Waals surface area contributed by atoms with Crippen LogP contribution in [0.15, 0.2) is 24.5 Å². The molecule has 0 saturated heterocycles. The van der Waals surface area contributed by atoms with Crippen LogP contribution in [0.5, 0.6) is 5.75 Å². The summed E-state index contributed by atoms with van der Waals surface area (Å²) < 4.78 is 45.4. The van der Waals surface area contributed by atoms with Crippen molar-refractivity contribution in [2.75, 3.05) is 5.73 Å². The summed E-state index contributed by atoms with van der Waals surface area (Å²) in [5, 5.41) is 3.92. The van der Waals surface area contributed by atoms with E-state index in [0.29, 0.717) is 12.4 Å². The van der Waals surface area contributed by atoms with E-state index in [1.54, 1.807) is 4.68 Å². The summed E-state index contributed by atoms with van der Waals surface area (Å²) >= 11 is 0. The second-order valence-corrected chi connectivity index (χ2v) is 4.03. The van der Waals surface area contributed by atoms with Gasteiger partial charge in [0.15, 0.2) is 5.82 Å². The van der Waals surface area contributed by atoms with Crippen molar-refractivity contribution in [3.8, 4) is 5.75 Å². The van der Waals surface area contributed by atoms with Gasteiger partial charge in [-0.3, -0.25) is 0 Å². The zero-order valence-corrected chi connectivity index (χ0v) is 10.7. The van der Waals surface area contributed by atoms with E-state index in [4.69, 9.17) is 10.5 Å².